The first-order valence-corrected chi connectivity index (χ1v) is 8.10. The smallest absolute Gasteiger partial charge is 0.270 e. The Morgan fingerprint density at radius 3 is 2.48 bits per heavy atom. The van der Waals surface area contributed by atoms with Crippen LogP contribution in [0.4, 0.5) is 0 Å². The van der Waals surface area contributed by atoms with Gasteiger partial charge in [-0.3, -0.25) is 9.59 Å². The van der Waals surface area contributed by atoms with Crippen LogP contribution < -0.4 is 11.1 Å². The van der Waals surface area contributed by atoms with Crippen molar-refractivity contribution in [1.82, 2.24) is 20.3 Å². The van der Waals surface area contributed by atoms with Gasteiger partial charge in [-0.25, -0.2) is 4.68 Å². The highest BCUT2D eigenvalue weighted by molar-refractivity contribution is 5.90. The Balaban J connectivity index is 1.94. The summed E-state index contributed by atoms with van der Waals surface area (Å²) in [6, 6.07) is 7.31. The number of rotatable bonds is 8. The first-order chi connectivity index (χ1) is 11.9. The molecule has 0 aliphatic heterocycles. The molecule has 0 aliphatic rings. The quantitative estimate of drug-likeness (QED) is 0.750. The minimum Gasteiger partial charge on any atom is -0.378 e. The number of amides is 2. The van der Waals surface area contributed by atoms with E-state index >= 15 is 0 Å². The summed E-state index contributed by atoms with van der Waals surface area (Å²) in [5.41, 5.74) is 6.97. The van der Waals surface area contributed by atoms with Gasteiger partial charge in [0.2, 0.25) is 5.91 Å². The molecule has 2 aromatic rings. The van der Waals surface area contributed by atoms with Crippen LogP contribution in [-0.2, 0) is 9.53 Å². The van der Waals surface area contributed by atoms with Crippen LogP contribution in [0.5, 0.6) is 0 Å². The number of nitrogens with two attached hydrogens (primary N) is 1. The number of nitrogens with one attached hydrogen (secondary N) is 1. The average Bonchev–Trinajstić information content (AvgIpc) is 3.05. The molecule has 0 unspecified atom stereocenters. The van der Waals surface area contributed by atoms with Crippen molar-refractivity contribution in [2.45, 2.75) is 39.3 Å². The number of carbonyl (C=O) groups excluding carboxylic acids is 2. The molecule has 1 aromatic heterocycles. The van der Waals surface area contributed by atoms with E-state index in [0.717, 1.165) is 11.3 Å². The second kappa shape index (κ2) is 8.39. The molecule has 134 valence electrons. The number of aromatic nitrogens is 3. The number of nitrogens with zero attached hydrogens (tertiary/aromatic N) is 3. The molecule has 2 rings (SSSR count). The molecule has 25 heavy (non-hydrogen) atoms. The molecule has 3 N–H and O–H groups in total. The zero-order valence-electron chi connectivity index (χ0n) is 14.6. The fourth-order valence-electron chi connectivity index (χ4n) is 2.20. The van der Waals surface area contributed by atoms with Gasteiger partial charge in [0.15, 0.2) is 5.69 Å². The van der Waals surface area contributed by atoms with E-state index in [1.54, 1.807) is 0 Å². The van der Waals surface area contributed by atoms with Crippen LogP contribution in [-0.4, -0.2) is 39.5 Å². The first kappa shape index (κ1) is 18.6. The normalized spacial score (nSPS) is 12.2. The molecule has 0 aliphatic carbocycles. The Bertz CT molecular complexity index is 724. The van der Waals surface area contributed by atoms with Gasteiger partial charge in [0, 0.05) is 6.42 Å². The zero-order chi connectivity index (χ0) is 18.4. The van der Waals surface area contributed by atoms with Crippen molar-refractivity contribution in [2.24, 2.45) is 5.73 Å². The molecule has 0 radical (unpaired) electrons. The summed E-state index contributed by atoms with van der Waals surface area (Å²) in [4.78, 5) is 23.0. The summed E-state index contributed by atoms with van der Waals surface area (Å²) in [5.74, 6) is -0.680. The van der Waals surface area contributed by atoms with Crippen LogP contribution in [0.1, 0.15) is 49.3 Å². The van der Waals surface area contributed by atoms with Gasteiger partial charge in [-0.15, -0.1) is 5.10 Å². The van der Waals surface area contributed by atoms with Crippen LogP contribution in [0.25, 0.3) is 5.69 Å². The highest BCUT2D eigenvalue weighted by atomic mass is 16.5. The van der Waals surface area contributed by atoms with E-state index in [4.69, 9.17) is 10.5 Å². The number of carbonyl (C=O) groups is 2. The molecule has 0 saturated heterocycles. The molecule has 1 atom stereocenters. The predicted octanol–water partition coefficient (Wildman–Crippen LogP) is 1.36. The molecule has 8 nitrogen and oxygen atoms in total. The zero-order valence-corrected chi connectivity index (χ0v) is 14.6. The standard InChI is InChI=1S/C17H23N5O3/c1-11(2)25-9-8-16(23)19-12(3)13-4-6-14(7-5-13)22-10-15(17(18)24)20-21-22/h4-7,10-12H,8-9H2,1-3H3,(H2,18,24)(H,19,23)/t12-/m0/s1. The second-order valence-electron chi connectivity index (χ2n) is 5.96. The first-order valence-electron chi connectivity index (χ1n) is 8.10. The van der Waals surface area contributed by atoms with Gasteiger partial charge in [-0.1, -0.05) is 17.3 Å². The van der Waals surface area contributed by atoms with E-state index in [1.165, 1.54) is 10.9 Å². The highest BCUT2D eigenvalue weighted by Crippen LogP contribution is 2.15. The topological polar surface area (TPSA) is 112 Å². The maximum atomic E-state index is 11.9. The molecule has 2 amide bonds. The van der Waals surface area contributed by atoms with Crippen molar-refractivity contribution in [3.05, 3.63) is 41.7 Å². The van der Waals surface area contributed by atoms with Crippen LogP contribution in [0.3, 0.4) is 0 Å². The average molecular weight is 345 g/mol. The summed E-state index contributed by atoms with van der Waals surface area (Å²) in [6.45, 7) is 6.19. The fourth-order valence-corrected chi connectivity index (χ4v) is 2.20. The third-order valence-corrected chi connectivity index (χ3v) is 3.56. The lowest BCUT2D eigenvalue weighted by atomic mass is 10.1. The number of hydrogen-bond donors (Lipinski definition) is 2. The predicted molar refractivity (Wildman–Crippen MR) is 92.1 cm³/mol. The molecule has 0 bridgehead atoms. The minimum atomic E-state index is -0.624. The number of benzene rings is 1. The van der Waals surface area contributed by atoms with E-state index in [9.17, 15) is 9.59 Å². The lowest BCUT2D eigenvalue weighted by Crippen LogP contribution is -2.27. The lowest BCUT2D eigenvalue weighted by Gasteiger charge is -2.15. The van der Waals surface area contributed by atoms with E-state index in [0.29, 0.717) is 13.0 Å². The van der Waals surface area contributed by atoms with Crippen molar-refractivity contribution in [3.63, 3.8) is 0 Å². The van der Waals surface area contributed by atoms with Gasteiger partial charge >= 0.3 is 0 Å². The number of ether oxygens (including phenoxy) is 1. The van der Waals surface area contributed by atoms with Gasteiger partial charge in [0.25, 0.3) is 5.91 Å². The minimum absolute atomic E-state index is 0.0559. The summed E-state index contributed by atoms with van der Waals surface area (Å²) >= 11 is 0. The molecule has 8 heteroatoms. The van der Waals surface area contributed by atoms with Gasteiger partial charge in [0.05, 0.1) is 30.6 Å². The van der Waals surface area contributed by atoms with Crippen molar-refractivity contribution in [3.8, 4) is 5.69 Å². The third-order valence-electron chi connectivity index (χ3n) is 3.56. The molecule has 1 heterocycles. The lowest BCUT2D eigenvalue weighted by molar-refractivity contribution is -0.123. The SMILES string of the molecule is CC(C)OCCC(=O)N[C@@H](C)c1ccc(-n2cc(C(N)=O)nn2)cc1. The Morgan fingerprint density at radius 1 is 1.24 bits per heavy atom. The van der Waals surface area contributed by atoms with Gasteiger partial charge < -0.3 is 15.8 Å². The summed E-state index contributed by atoms with van der Waals surface area (Å²) < 4.78 is 6.84. The maximum absolute atomic E-state index is 11.9. The highest BCUT2D eigenvalue weighted by Gasteiger charge is 2.11. The van der Waals surface area contributed by atoms with Crippen LogP contribution in [0, 0.1) is 0 Å². The van der Waals surface area contributed by atoms with Crippen molar-refractivity contribution in [1.29, 1.82) is 0 Å². The van der Waals surface area contributed by atoms with Crippen molar-refractivity contribution < 1.29 is 14.3 Å². The number of primary amides is 1. The van der Waals surface area contributed by atoms with Crippen LogP contribution >= 0.6 is 0 Å². The maximum Gasteiger partial charge on any atom is 0.270 e. The Labute approximate surface area is 146 Å². The van der Waals surface area contributed by atoms with E-state index in [-0.39, 0.29) is 23.7 Å². The number of hydrogen-bond acceptors (Lipinski definition) is 5. The molecule has 0 spiro atoms. The molecular formula is C17H23N5O3. The monoisotopic (exact) mass is 345 g/mol. The largest absolute Gasteiger partial charge is 0.378 e. The van der Waals surface area contributed by atoms with Crippen molar-refractivity contribution in [2.75, 3.05) is 6.61 Å². The fraction of sp³-hybridized carbons (Fsp3) is 0.412. The van der Waals surface area contributed by atoms with Crippen LogP contribution in [0.15, 0.2) is 30.5 Å². The summed E-state index contributed by atoms with van der Waals surface area (Å²) in [5, 5.41) is 10.5. The molecule has 1 aromatic carbocycles. The Hall–Kier alpha value is -2.74. The van der Waals surface area contributed by atoms with Gasteiger partial charge in [0.1, 0.15) is 0 Å². The summed E-state index contributed by atoms with van der Waals surface area (Å²) in [6.07, 6.45) is 1.91. The molecule has 0 fully saturated rings. The van der Waals surface area contributed by atoms with Gasteiger partial charge in [-0.2, -0.15) is 0 Å². The third kappa shape index (κ3) is 5.39. The molecule has 0 saturated carbocycles. The summed E-state index contributed by atoms with van der Waals surface area (Å²) in [7, 11) is 0. The van der Waals surface area contributed by atoms with Crippen molar-refractivity contribution >= 4 is 11.8 Å². The van der Waals surface area contributed by atoms with Gasteiger partial charge in [-0.05, 0) is 38.5 Å². The van der Waals surface area contributed by atoms with E-state index < -0.39 is 5.91 Å². The molecular weight excluding hydrogens is 322 g/mol. The van der Waals surface area contributed by atoms with Crippen LogP contribution in [0.2, 0.25) is 0 Å². The van der Waals surface area contributed by atoms with E-state index in [1.807, 2.05) is 45.0 Å². The second-order valence-corrected chi connectivity index (χ2v) is 5.96. The Morgan fingerprint density at radius 2 is 1.92 bits per heavy atom. The van der Waals surface area contributed by atoms with E-state index in [2.05, 4.69) is 15.6 Å². The Kier molecular flexibility index (Phi) is 6.24.